The van der Waals surface area contributed by atoms with Crippen molar-refractivity contribution in [3.05, 3.63) is 60.3 Å². The fraction of sp³-hybridized carbons (Fsp3) is 0.689. The normalized spacial score (nSPS) is 35.1. The number of rotatable bonds is 8. The van der Waals surface area contributed by atoms with Crippen LogP contribution in [-0.2, 0) is 52.3 Å². The first-order chi connectivity index (χ1) is 27.3. The zero-order valence-corrected chi connectivity index (χ0v) is 35.6. The number of carbonyl (C=O) groups excluding carboxylic acids is 4. The third kappa shape index (κ3) is 12.5. The van der Waals surface area contributed by atoms with Crippen molar-refractivity contribution in [3.8, 4) is 0 Å². The predicted molar refractivity (Wildman–Crippen MR) is 215 cm³/mol. The van der Waals surface area contributed by atoms with Crippen molar-refractivity contribution >= 4 is 23.9 Å². The molecule has 4 aliphatic heterocycles. The maximum absolute atomic E-state index is 13.3. The van der Waals surface area contributed by atoms with Crippen LogP contribution in [0.3, 0.4) is 0 Å². The van der Waals surface area contributed by atoms with Gasteiger partial charge < -0.3 is 43.4 Å². The fourth-order valence-corrected chi connectivity index (χ4v) is 8.19. The van der Waals surface area contributed by atoms with Gasteiger partial charge >= 0.3 is 23.9 Å². The molecular weight excluding hydrogens is 748 g/mol. The second-order valence-electron chi connectivity index (χ2n) is 17.3. The number of unbranched alkanes of at least 4 members (excludes halogenated alkanes) is 1. The highest BCUT2D eigenvalue weighted by Crippen LogP contribution is 2.48. The lowest BCUT2D eigenvalue weighted by Gasteiger charge is -2.51. The molecule has 0 saturated carbocycles. The van der Waals surface area contributed by atoms with Gasteiger partial charge in [0, 0.05) is 55.6 Å². The Morgan fingerprint density at radius 1 is 1.00 bits per heavy atom. The van der Waals surface area contributed by atoms with Gasteiger partial charge in [0.25, 0.3) is 0 Å². The van der Waals surface area contributed by atoms with E-state index >= 15 is 0 Å². The highest BCUT2D eigenvalue weighted by molar-refractivity contribution is 5.84. The van der Waals surface area contributed by atoms with Crippen molar-refractivity contribution in [1.29, 1.82) is 0 Å². The summed E-state index contributed by atoms with van der Waals surface area (Å²) in [6.07, 6.45) is 9.46. The van der Waals surface area contributed by atoms with E-state index in [2.05, 4.69) is 6.58 Å². The second kappa shape index (κ2) is 20.6. The first kappa shape index (κ1) is 47.1. The van der Waals surface area contributed by atoms with Crippen LogP contribution in [0.1, 0.15) is 119 Å². The smallest absolute Gasteiger partial charge is 0.331 e. The molecule has 0 aromatic rings. The summed E-state index contributed by atoms with van der Waals surface area (Å²) in [6.45, 7) is 16.7. The molecule has 0 aliphatic carbocycles. The van der Waals surface area contributed by atoms with E-state index in [4.69, 9.17) is 33.2 Å². The van der Waals surface area contributed by atoms with E-state index in [1.165, 1.54) is 33.1 Å². The summed E-state index contributed by atoms with van der Waals surface area (Å²) in [5, 5.41) is 23.7. The van der Waals surface area contributed by atoms with Crippen molar-refractivity contribution in [2.75, 3.05) is 7.11 Å². The van der Waals surface area contributed by atoms with Gasteiger partial charge in [0.05, 0.1) is 43.7 Å². The summed E-state index contributed by atoms with van der Waals surface area (Å²) in [4.78, 5) is 51.6. The van der Waals surface area contributed by atoms with Crippen molar-refractivity contribution < 1.29 is 62.5 Å². The first-order valence-electron chi connectivity index (χ1n) is 20.7. The average Bonchev–Trinajstić information content (AvgIpc) is 3.13. The van der Waals surface area contributed by atoms with Gasteiger partial charge in [-0.05, 0) is 51.0 Å². The molecule has 4 aliphatic rings. The highest BCUT2D eigenvalue weighted by atomic mass is 16.7. The number of carbonyl (C=O) groups is 4. The molecule has 3 saturated heterocycles. The van der Waals surface area contributed by atoms with Gasteiger partial charge in [-0.15, -0.1) is 0 Å². The molecule has 0 aromatic carbocycles. The lowest BCUT2D eigenvalue weighted by molar-refractivity contribution is -0.327. The molecule has 3 fully saturated rings. The lowest BCUT2D eigenvalue weighted by atomic mass is 9.73. The molecule has 0 radical (unpaired) electrons. The number of aliphatic hydroxyl groups excluding tert-OH is 1. The lowest BCUT2D eigenvalue weighted by Crippen LogP contribution is -2.62. The molecule has 6 bridgehead atoms. The Kier molecular flexibility index (Phi) is 16.7. The third-order valence-corrected chi connectivity index (χ3v) is 11.7. The molecule has 0 spiro atoms. The molecule has 13 heteroatoms. The van der Waals surface area contributed by atoms with Gasteiger partial charge in [-0.1, -0.05) is 83.6 Å². The van der Waals surface area contributed by atoms with E-state index in [0.717, 1.165) is 18.4 Å². The minimum absolute atomic E-state index is 0.0245. The summed E-state index contributed by atoms with van der Waals surface area (Å²) in [5.41, 5.74) is -0.696. The van der Waals surface area contributed by atoms with E-state index in [0.29, 0.717) is 38.5 Å². The molecular formula is C45H66O13. The Hall–Kier alpha value is -3.62. The maximum Gasteiger partial charge on any atom is 0.331 e. The number of aliphatic hydroxyl groups is 2. The second-order valence-corrected chi connectivity index (χ2v) is 17.3. The zero-order valence-electron chi connectivity index (χ0n) is 35.6. The van der Waals surface area contributed by atoms with Gasteiger partial charge in [-0.3, -0.25) is 9.59 Å². The molecule has 10 atom stereocenters. The minimum Gasteiger partial charge on any atom is -0.466 e. The number of hydrogen-bond acceptors (Lipinski definition) is 13. The van der Waals surface area contributed by atoms with Crippen molar-refractivity contribution in [3.63, 3.8) is 0 Å². The summed E-state index contributed by atoms with van der Waals surface area (Å²) in [7, 11) is 1.22. The first-order valence-corrected chi connectivity index (χ1v) is 20.7. The average molecular weight is 815 g/mol. The Bertz CT molecular complexity index is 1590. The minimum atomic E-state index is -2.30. The molecule has 4 rings (SSSR count). The topological polar surface area (TPSA) is 173 Å². The third-order valence-electron chi connectivity index (χ3n) is 11.7. The van der Waals surface area contributed by atoms with Crippen LogP contribution < -0.4 is 0 Å². The zero-order chi connectivity index (χ0) is 42.8. The number of esters is 4. The van der Waals surface area contributed by atoms with E-state index < -0.39 is 71.1 Å². The molecule has 0 unspecified atom stereocenters. The summed E-state index contributed by atoms with van der Waals surface area (Å²) in [5.74, 6) is -4.73. The summed E-state index contributed by atoms with van der Waals surface area (Å²) < 4.78 is 42.5. The van der Waals surface area contributed by atoms with Gasteiger partial charge in [0.1, 0.15) is 12.2 Å². The van der Waals surface area contributed by atoms with E-state index in [-0.39, 0.29) is 49.1 Å². The van der Waals surface area contributed by atoms with Crippen LogP contribution in [0.5, 0.6) is 0 Å². The number of methoxy groups -OCH3 is 1. The van der Waals surface area contributed by atoms with Crippen LogP contribution in [-0.4, -0.2) is 102 Å². The van der Waals surface area contributed by atoms with Gasteiger partial charge in [-0.25, -0.2) is 9.59 Å². The molecule has 2 N–H and O–H groups in total. The maximum atomic E-state index is 13.3. The van der Waals surface area contributed by atoms with Crippen molar-refractivity contribution in [2.45, 2.75) is 180 Å². The standard InChI is InChI=1S/C45H66O13/c1-10-11-12-13-14-17-40(49)57-42-31(24-41(50)52-9)23-35-25-36(29(3)46)56-39(48)18-15-16-32-26-37(53-30(4)47)44(7,8)38(55-32)27-34-22-28(2)21-33(54-34)19-20-43(5,6)45(42,51)58-35/h12-14,17,19-20,24,29,32-38,42,46,51H,2,10-11,15-16,18,21-23,25-27H2,1,3-9H3/b13-12+,17-14+,20-19+,31-24+/t29-,32-,33+,34+,35+,36-,37+,38+,42+,45-/m1/s1. The largest absolute Gasteiger partial charge is 0.466 e. The summed E-state index contributed by atoms with van der Waals surface area (Å²) in [6, 6.07) is 0. The number of hydrogen-bond donors (Lipinski definition) is 2. The quantitative estimate of drug-likeness (QED) is 0.0902. The van der Waals surface area contributed by atoms with Crippen molar-refractivity contribution in [1.82, 2.24) is 0 Å². The van der Waals surface area contributed by atoms with E-state index in [9.17, 15) is 29.4 Å². The Morgan fingerprint density at radius 2 is 1.74 bits per heavy atom. The number of allylic oxidation sites excluding steroid dienone is 3. The number of fused-ring (bicyclic) bond motifs is 6. The molecule has 13 nitrogen and oxygen atoms in total. The van der Waals surface area contributed by atoms with Gasteiger partial charge in [-0.2, -0.15) is 0 Å². The van der Waals surface area contributed by atoms with Crippen LogP contribution in [0.4, 0.5) is 0 Å². The van der Waals surface area contributed by atoms with Crippen LogP contribution in [0.25, 0.3) is 0 Å². The Morgan fingerprint density at radius 3 is 2.41 bits per heavy atom. The molecule has 4 heterocycles. The predicted octanol–water partition coefficient (Wildman–Crippen LogP) is 6.45. The van der Waals surface area contributed by atoms with Crippen LogP contribution in [0, 0.1) is 10.8 Å². The van der Waals surface area contributed by atoms with Crippen LogP contribution >= 0.6 is 0 Å². The number of ether oxygens (including phenoxy) is 7. The summed E-state index contributed by atoms with van der Waals surface area (Å²) >= 11 is 0. The highest BCUT2D eigenvalue weighted by Gasteiger charge is 2.58. The Labute approximate surface area is 343 Å². The molecule has 324 valence electrons. The van der Waals surface area contributed by atoms with Crippen LogP contribution in [0.15, 0.2) is 60.3 Å². The fourth-order valence-electron chi connectivity index (χ4n) is 8.19. The van der Waals surface area contributed by atoms with E-state index in [1.54, 1.807) is 32.1 Å². The van der Waals surface area contributed by atoms with Gasteiger partial charge in [0.2, 0.25) is 5.79 Å². The monoisotopic (exact) mass is 814 g/mol. The molecule has 58 heavy (non-hydrogen) atoms. The molecule has 0 amide bonds. The van der Waals surface area contributed by atoms with Crippen molar-refractivity contribution in [2.24, 2.45) is 10.8 Å². The molecule has 0 aromatic heterocycles. The van der Waals surface area contributed by atoms with Crippen LogP contribution in [0.2, 0.25) is 0 Å². The SMILES string of the molecule is C=C1C[C@H]2C[C@@H]3O[C@H](CCCC(=O)O[C@@H]([C@@H](C)O)C[C@@H]4C/C(=C\C(=O)OC)[C@H](OC(=O)/C=C/C=C/CCC)[C@@](O)(O4)C(C)(C)/C=C/[C@@H](C1)O2)C[C@H](OC(C)=O)C3(C)C. The van der Waals surface area contributed by atoms with Gasteiger partial charge in [0.15, 0.2) is 6.10 Å². The number of cyclic esters (lactones) is 1. The Balaban J connectivity index is 1.78. The van der Waals surface area contributed by atoms with E-state index in [1.807, 2.05) is 32.9 Å².